The summed E-state index contributed by atoms with van der Waals surface area (Å²) in [4.78, 5) is 12.5. The lowest BCUT2D eigenvalue weighted by Gasteiger charge is -2.60. The van der Waals surface area contributed by atoms with Crippen molar-refractivity contribution in [2.24, 2.45) is 28.6 Å². The van der Waals surface area contributed by atoms with E-state index in [1.54, 1.807) is 0 Å². The van der Waals surface area contributed by atoms with Gasteiger partial charge in [-0.05, 0) is 86.4 Å². The first-order valence-corrected chi connectivity index (χ1v) is 10.5. The highest BCUT2D eigenvalue weighted by Gasteiger charge is 2.59. The van der Waals surface area contributed by atoms with Gasteiger partial charge in [0.25, 0.3) is 0 Å². The minimum atomic E-state index is -0.186. The molecule has 0 aromatic heterocycles. The molecule has 0 spiro atoms. The second-order valence-corrected chi connectivity index (χ2v) is 10.1. The molecule has 1 amide bonds. The molecular formula is C21H33NO2. The SMILES string of the molecule is C[C@@]12CCC[C@H]1[C@@H]1CC[C@H]3NC(=O)C(OC4CC4)C[C@]3(C)[C@H]1CC2. The number of ether oxygens (including phenoxy) is 1. The minimum absolute atomic E-state index is 0.171. The van der Waals surface area contributed by atoms with Crippen LogP contribution in [0.5, 0.6) is 0 Å². The van der Waals surface area contributed by atoms with Crippen molar-refractivity contribution in [1.82, 2.24) is 5.32 Å². The summed E-state index contributed by atoms with van der Waals surface area (Å²) in [6.45, 7) is 5.05. The number of nitrogens with one attached hydrogen (secondary N) is 1. The Morgan fingerprint density at radius 3 is 2.62 bits per heavy atom. The van der Waals surface area contributed by atoms with Crippen LogP contribution in [-0.4, -0.2) is 24.2 Å². The summed E-state index contributed by atoms with van der Waals surface area (Å²) in [5.41, 5.74) is 0.868. The molecule has 1 saturated heterocycles. The number of amides is 1. The highest BCUT2D eigenvalue weighted by molar-refractivity contribution is 5.82. The summed E-state index contributed by atoms with van der Waals surface area (Å²) >= 11 is 0. The average Bonchev–Trinajstić information content (AvgIpc) is 3.26. The largest absolute Gasteiger partial charge is 0.365 e. The van der Waals surface area contributed by atoms with Gasteiger partial charge in [-0.25, -0.2) is 0 Å². The van der Waals surface area contributed by atoms with Crippen LogP contribution in [0.15, 0.2) is 0 Å². The van der Waals surface area contributed by atoms with Gasteiger partial charge in [-0.3, -0.25) is 4.79 Å². The number of carbonyl (C=O) groups is 1. The first kappa shape index (κ1) is 15.7. The molecule has 134 valence electrons. The molecular weight excluding hydrogens is 298 g/mol. The lowest BCUT2D eigenvalue weighted by molar-refractivity contribution is -0.158. The molecule has 4 aliphatic carbocycles. The number of rotatable bonds is 2. The number of carbonyl (C=O) groups excluding carboxylic acids is 1. The van der Waals surface area contributed by atoms with Crippen LogP contribution in [-0.2, 0) is 9.53 Å². The van der Waals surface area contributed by atoms with Gasteiger partial charge >= 0.3 is 0 Å². The van der Waals surface area contributed by atoms with Crippen LogP contribution >= 0.6 is 0 Å². The van der Waals surface area contributed by atoms with Crippen LogP contribution in [0.4, 0.5) is 0 Å². The smallest absolute Gasteiger partial charge is 0.249 e. The third-order valence-electron chi connectivity index (χ3n) is 8.77. The standard InChI is InChI=1S/C21H33NO2/c1-20-10-3-4-15(20)14-7-8-18-21(2,16(14)9-11-20)12-17(19(23)22-18)24-13-5-6-13/h13-18H,3-12H2,1-2H3,(H,22,23)/t14-,15-,16-,17?,18+,20-,21+/m0/s1. The molecule has 1 heterocycles. The lowest BCUT2D eigenvalue weighted by atomic mass is 9.47. The minimum Gasteiger partial charge on any atom is -0.365 e. The Labute approximate surface area is 146 Å². The summed E-state index contributed by atoms with van der Waals surface area (Å²) in [5.74, 6) is 2.79. The average molecular weight is 332 g/mol. The molecule has 5 rings (SSSR count). The second-order valence-electron chi connectivity index (χ2n) is 10.1. The molecule has 1 unspecified atom stereocenters. The molecule has 1 N–H and O–H groups in total. The van der Waals surface area contributed by atoms with E-state index >= 15 is 0 Å². The van der Waals surface area contributed by atoms with Gasteiger partial charge in [0.15, 0.2) is 0 Å². The van der Waals surface area contributed by atoms with E-state index in [4.69, 9.17) is 4.74 Å². The van der Waals surface area contributed by atoms with Crippen molar-refractivity contribution >= 4 is 5.91 Å². The number of hydrogen-bond acceptors (Lipinski definition) is 2. The Hall–Kier alpha value is -0.570. The van der Waals surface area contributed by atoms with Crippen LogP contribution in [0.1, 0.15) is 78.1 Å². The van der Waals surface area contributed by atoms with Gasteiger partial charge in [0.05, 0.1) is 6.10 Å². The molecule has 4 saturated carbocycles. The van der Waals surface area contributed by atoms with Crippen molar-refractivity contribution in [3.05, 3.63) is 0 Å². The quantitative estimate of drug-likeness (QED) is 0.829. The molecule has 3 heteroatoms. The Bertz CT molecular complexity index is 544. The Morgan fingerprint density at radius 2 is 1.83 bits per heavy atom. The Kier molecular flexibility index (Phi) is 3.41. The van der Waals surface area contributed by atoms with Gasteiger partial charge in [-0.15, -0.1) is 0 Å². The molecule has 24 heavy (non-hydrogen) atoms. The van der Waals surface area contributed by atoms with Crippen molar-refractivity contribution in [2.75, 3.05) is 0 Å². The topological polar surface area (TPSA) is 38.3 Å². The predicted molar refractivity (Wildman–Crippen MR) is 93.4 cm³/mol. The summed E-state index contributed by atoms with van der Waals surface area (Å²) in [5, 5.41) is 3.38. The van der Waals surface area contributed by atoms with Crippen molar-refractivity contribution in [3.63, 3.8) is 0 Å². The zero-order valence-electron chi connectivity index (χ0n) is 15.4. The monoisotopic (exact) mass is 331 g/mol. The van der Waals surface area contributed by atoms with Crippen molar-refractivity contribution < 1.29 is 9.53 Å². The fraction of sp³-hybridized carbons (Fsp3) is 0.952. The molecule has 3 nitrogen and oxygen atoms in total. The van der Waals surface area contributed by atoms with Gasteiger partial charge in [-0.2, -0.15) is 0 Å². The third-order valence-corrected chi connectivity index (χ3v) is 8.77. The summed E-state index contributed by atoms with van der Waals surface area (Å²) in [6.07, 6.45) is 13.1. The fourth-order valence-electron chi connectivity index (χ4n) is 7.28. The van der Waals surface area contributed by atoms with Crippen molar-refractivity contribution in [3.8, 4) is 0 Å². The summed E-state index contributed by atoms with van der Waals surface area (Å²) < 4.78 is 6.10. The highest BCUT2D eigenvalue weighted by atomic mass is 16.5. The van der Waals surface area contributed by atoms with Crippen LogP contribution in [0.2, 0.25) is 0 Å². The summed E-state index contributed by atoms with van der Waals surface area (Å²) in [7, 11) is 0. The van der Waals surface area contributed by atoms with Gasteiger partial charge in [-0.1, -0.05) is 20.3 Å². The number of hydrogen-bond donors (Lipinski definition) is 1. The van der Waals surface area contributed by atoms with Gasteiger partial charge in [0, 0.05) is 6.04 Å². The molecule has 5 fully saturated rings. The molecule has 7 atom stereocenters. The van der Waals surface area contributed by atoms with Crippen molar-refractivity contribution in [1.29, 1.82) is 0 Å². The normalized spacial score (nSPS) is 53.8. The van der Waals surface area contributed by atoms with E-state index < -0.39 is 0 Å². The Morgan fingerprint density at radius 1 is 1.00 bits per heavy atom. The van der Waals surface area contributed by atoms with Gasteiger partial charge in [0.2, 0.25) is 5.91 Å². The molecule has 1 aliphatic heterocycles. The second kappa shape index (κ2) is 5.22. The van der Waals surface area contributed by atoms with E-state index in [0.717, 1.165) is 37.0 Å². The van der Waals surface area contributed by atoms with Gasteiger partial charge < -0.3 is 10.1 Å². The zero-order chi connectivity index (χ0) is 16.5. The maximum Gasteiger partial charge on any atom is 0.249 e. The molecule has 0 radical (unpaired) electrons. The van der Waals surface area contributed by atoms with Crippen LogP contribution in [0, 0.1) is 28.6 Å². The summed E-state index contributed by atoms with van der Waals surface area (Å²) in [6, 6.07) is 0.385. The van der Waals surface area contributed by atoms with E-state index in [1.165, 1.54) is 44.9 Å². The maximum absolute atomic E-state index is 12.5. The van der Waals surface area contributed by atoms with E-state index in [-0.39, 0.29) is 17.4 Å². The zero-order valence-corrected chi connectivity index (χ0v) is 15.4. The van der Waals surface area contributed by atoms with Gasteiger partial charge in [0.1, 0.15) is 6.10 Å². The van der Waals surface area contributed by atoms with Crippen LogP contribution < -0.4 is 5.32 Å². The molecule has 5 aliphatic rings. The number of fused-ring (bicyclic) bond motifs is 5. The van der Waals surface area contributed by atoms with E-state index in [1.807, 2.05) is 0 Å². The maximum atomic E-state index is 12.5. The first-order chi connectivity index (χ1) is 11.5. The molecule has 0 aromatic carbocycles. The van der Waals surface area contributed by atoms with E-state index in [2.05, 4.69) is 19.2 Å². The third kappa shape index (κ3) is 2.22. The van der Waals surface area contributed by atoms with E-state index in [9.17, 15) is 4.79 Å². The fourth-order valence-corrected chi connectivity index (χ4v) is 7.28. The molecule has 0 bridgehead atoms. The van der Waals surface area contributed by atoms with Crippen molar-refractivity contribution in [2.45, 2.75) is 96.3 Å². The van der Waals surface area contributed by atoms with E-state index in [0.29, 0.717) is 17.6 Å². The Balaban J connectivity index is 1.41. The van der Waals surface area contributed by atoms with Crippen LogP contribution in [0.25, 0.3) is 0 Å². The van der Waals surface area contributed by atoms with Crippen LogP contribution in [0.3, 0.4) is 0 Å². The highest BCUT2D eigenvalue weighted by Crippen LogP contribution is 2.64. The first-order valence-electron chi connectivity index (χ1n) is 10.5. The molecule has 0 aromatic rings. The lowest BCUT2D eigenvalue weighted by Crippen LogP contribution is -2.64. The predicted octanol–water partition coefficient (Wildman–Crippen LogP) is 4.06. The number of piperidine rings is 1.